The normalized spacial score (nSPS) is 27.0. The Hall–Kier alpha value is -1.14. The molecule has 3 N–H and O–H groups in total. The molecule has 6 nitrogen and oxygen atoms in total. The second-order valence-corrected chi connectivity index (χ2v) is 5.41. The first-order valence-electron chi connectivity index (χ1n) is 7.16. The Morgan fingerprint density at radius 2 is 1.89 bits per heavy atom. The fourth-order valence-electron chi connectivity index (χ4n) is 2.96. The number of piperidine rings is 1. The maximum Gasteiger partial charge on any atom is 0.240 e. The summed E-state index contributed by atoms with van der Waals surface area (Å²) >= 11 is 0. The van der Waals surface area contributed by atoms with Crippen molar-refractivity contribution in [2.75, 3.05) is 32.7 Å². The monoisotopic (exact) mass is 268 g/mol. The van der Waals surface area contributed by atoms with E-state index >= 15 is 0 Å². The number of carbonyl (C=O) groups excluding carboxylic acids is 2. The summed E-state index contributed by atoms with van der Waals surface area (Å²) in [7, 11) is 0. The smallest absolute Gasteiger partial charge is 0.240 e. The maximum absolute atomic E-state index is 12.6. The Morgan fingerprint density at radius 3 is 2.53 bits per heavy atom. The number of piperazine rings is 1. The Kier molecular flexibility index (Phi) is 4.76. The molecule has 2 amide bonds. The lowest BCUT2D eigenvalue weighted by molar-refractivity contribution is -0.145. The zero-order chi connectivity index (χ0) is 13.8. The molecule has 19 heavy (non-hydrogen) atoms. The van der Waals surface area contributed by atoms with Gasteiger partial charge in [-0.3, -0.25) is 14.5 Å². The number of nitrogens with one attached hydrogen (secondary N) is 1. The van der Waals surface area contributed by atoms with Gasteiger partial charge in [-0.15, -0.1) is 0 Å². The van der Waals surface area contributed by atoms with Crippen molar-refractivity contribution < 1.29 is 9.59 Å². The van der Waals surface area contributed by atoms with Crippen LogP contribution in [0.2, 0.25) is 0 Å². The van der Waals surface area contributed by atoms with Gasteiger partial charge in [0.25, 0.3) is 0 Å². The highest BCUT2D eigenvalue weighted by molar-refractivity contribution is 5.89. The van der Waals surface area contributed by atoms with E-state index in [1.165, 1.54) is 0 Å². The number of amides is 2. The van der Waals surface area contributed by atoms with Crippen LogP contribution in [0.4, 0.5) is 0 Å². The number of carbonyl (C=O) groups is 2. The van der Waals surface area contributed by atoms with E-state index in [9.17, 15) is 9.59 Å². The minimum absolute atomic E-state index is 0.0467. The predicted molar refractivity (Wildman–Crippen MR) is 72.5 cm³/mol. The van der Waals surface area contributed by atoms with Gasteiger partial charge in [-0.25, -0.2) is 0 Å². The highest BCUT2D eigenvalue weighted by Crippen LogP contribution is 2.19. The van der Waals surface area contributed by atoms with Gasteiger partial charge in [0, 0.05) is 32.7 Å². The van der Waals surface area contributed by atoms with E-state index in [0.717, 1.165) is 39.0 Å². The predicted octanol–water partition coefficient (Wildman–Crippen LogP) is -0.853. The third kappa shape index (κ3) is 3.25. The number of nitrogens with two attached hydrogens (primary N) is 1. The largest absolute Gasteiger partial charge is 0.368 e. The fourth-order valence-corrected chi connectivity index (χ4v) is 2.96. The molecule has 0 aromatic carbocycles. The molecule has 0 bridgehead atoms. The number of hydrogen-bond acceptors (Lipinski definition) is 4. The van der Waals surface area contributed by atoms with Gasteiger partial charge in [0.05, 0.1) is 6.04 Å². The Balaban J connectivity index is 2.01. The van der Waals surface area contributed by atoms with Crippen LogP contribution in [-0.2, 0) is 9.59 Å². The SMILES string of the molecule is CC(C(=O)N1CCCCC1C(N)=O)N1CCNCC1. The van der Waals surface area contributed by atoms with Crippen molar-refractivity contribution in [2.24, 2.45) is 5.73 Å². The molecule has 2 aliphatic rings. The average Bonchev–Trinajstić information content (AvgIpc) is 2.46. The molecule has 6 heteroatoms. The van der Waals surface area contributed by atoms with E-state index < -0.39 is 6.04 Å². The summed E-state index contributed by atoms with van der Waals surface area (Å²) in [5, 5.41) is 3.27. The minimum atomic E-state index is -0.411. The second-order valence-electron chi connectivity index (χ2n) is 5.41. The molecule has 108 valence electrons. The molecule has 2 saturated heterocycles. The standard InChI is InChI=1S/C13H24N4O2/c1-10(16-8-5-15-6-9-16)13(19)17-7-3-2-4-11(17)12(14)18/h10-11,15H,2-9H2,1H3,(H2,14,18). The van der Waals surface area contributed by atoms with Crippen LogP contribution in [0.15, 0.2) is 0 Å². The number of primary amides is 1. The summed E-state index contributed by atoms with van der Waals surface area (Å²) in [6, 6.07) is -0.575. The van der Waals surface area contributed by atoms with Gasteiger partial charge in [0.1, 0.15) is 6.04 Å². The quantitative estimate of drug-likeness (QED) is 0.698. The van der Waals surface area contributed by atoms with Crippen LogP contribution in [0.5, 0.6) is 0 Å². The molecular weight excluding hydrogens is 244 g/mol. The lowest BCUT2D eigenvalue weighted by Gasteiger charge is -2.39. The summed E-state index contributed by atoms with van der Waals surface area (Å²) in [4.78, 5) is 27.9. The van der Waals surface area contributed by atoms with Gasteiger partial charge < -0.3 is 16.0 Å². The van der Waals surface area contributed by atoms with Crippen molar-refractivity contribution >= 4 is 11.8 Å². The van der Waals surface area contributed by atoms with Crippen molar-refractivity contribution in [1.29, 1.82) is 0 Å². The van der Waals surface area contributed by atoms with Gasteiger partial charge >= 0.3 is 0 Å². The summed E-state index contributed by atoms with van der Waals surface area (Å²) < 4.78 is 0. The summed E-state index contributed by atoms with van der Waals surface area (Å²) in [5.74, 6) is -0.328. The first-order chi connectivity index (χ1) is 9.11. The maximum atomic E-state index is 12.6. The lowest BCUT2D eigenvalue weighted by atomic mass is 10.0. The van der Waals surface area contributed by atoms with Gasteiger partial charge in [-0.2, -0.15) is 0 Å². The van der Waals surface area contributed by atoms with Crippen LogP contribution < -0.4 is 11.1 Å². The molecule has 0 aliphatic carbocycles. The summed E-state index contributed by atoms with van der Waals surface area (Å²) in [5.41, 5.74) is 5.42. The molecule has 2 rings (SSSR count). The van der Waals surface area contributed by atoms with Crippen LogP contribution in [-0.4, -0.2) is 66.4 Å². The van der Waals surface area contributed by atoms with Gasteiger partial charge in [-0.05, 0) is 26.2 Å². The van der Waals surface area contributed by atoms with Gasteiger partial charge in [0.2, 0.25) is 11.8 Å². The Labute approximate surface area is 114 Å². The summed E-state index contributed by atoms with van der Waals surface area (Å²) in [6.45, 7) is 6.17. The van der Waals surface area contributed by atoms with Crippen LogP contribution >= 0.6 is 0 Å². The van der Waals surface area contributed by atoms with Crippen LogP contribution in [0, 0.1) is 0 Å². The topological polar surface area (TPSA) is 78.7 Å². The van der Waals surface area contributed by atoms with E-state index in [1.807, 2.05) is 6.92 Å². The first-order valence-corrected chi connectivity index (χ1v) is 7.16. The molecule has 0 aromatic heterocycles. The average molecular weight is 268 g/mol. The van der Waals surface area contributed by atoms with Crippen molar-refractivity contribution in [3.05, 3.63) is 0 Å². The molecular formula is C13H24N4O2. The lowest BCUT2D eigenvalue weighted by Crippen LogP contribution is -2.58. The fraction of sp³-hybridized carbons (Fsp3) is 0.846. The Bertz CT molecular complexity index is 342. The number of rotatable bonds is 3. The van der Waals surface area contributed by atoms with Gasteiger partial charge in [0.15, 0.2) is 0 Å². The van der Waals surface area contributed by atoms with Crippen molar-refractivity contribution in [2.45, 2.75) is 38.3 Å². The van der Waals surface area contributed by atoms with Gasteiger partial charge in [-0.1, -0.05) is 0 Å². The number of hydrogen-bond donors (Lipinski definition) is 2. The van der Waals surface area contributed by atoms with Crippen molar-refractivity contribution in [3.8, 4) is 0 Å². The first kappa shape index (κ1) is 14.3. The minimum Gasteiger partial charge on any atom is -0.368 e. The summed E-state index contributed by atoms with van der Waals surface area (Å²) in [6.07, 6.45) is 2.64. The van der Waals surface area contributed by atoms with Crippen LogP contribution in [0.3, 0.4) is 0 Å². The third-order valence-corrected chi connectivity index (χ3v) is 4.17. The highest BCUT2D eigenvalue weighted by atomic mass is 16.2. The molecule has 0 radical (unpaired) electrons. The number of nitrogens with zero attached hydrogens (tertiary/aromatic N) is 2. The molecule has 0 saturated carbocycles. The van der Waals surface area contributed by atoms with E-state index in [0.29, 0.717) is 13.0 Å². The molecule has 0 aromatic rings. The second kappa shape index (κ2) is 6.34. The van der Waals surface area contributed by atoms with Crippen LogP contribution in [0.1, 0.15) is 26.2 Å². The highest BCUT2D eigenvalue weighted by Gasteiger charge is 2.34. The van der Waals surface area contributed by atoms with E-state index in [-0.39, 0.29) is 17.9 Å². The van der Waals surface area contributed by atoms with Crippen LogP contribution in [0.25, 0.3) is 0 Å². The molecule has 0 spiro atoms. The van der Waals surface area contributed by atoms with E-state index in [4.69, 9.17) is 5.73 Å². The van der Waals surface area contributed by atoms with E-state index in [2.05, 4.69) is 10.2 Å². The molecule has 2 heterocycles. The van der Waals surface area contributed by atoms with Crippen molar-refractivity contribution in [1.82, 2.24) is 15.1 Å². The zero-order valence-electron chi connectivity index (χ0n) is 11.6. The zero-order valence-corrected chi connectivity index (χ0v) is 11.6. The van der Waals surface area contributed by atoms with Crippen molar-refractivity contribution in [3.63, 3.8) is 0 Å². The third-order valence-electron chi connectivity index (χ3n) is 4.17. The Morgan fingerprint density at radius 1 is 1.21 bits per heavy atom. The molecule has 2 fully saturated rings. The molecule has 2 unspecified atom stereocenters. The molecule has 2 atom stereocenters. The molecule has 2 aliphatic heterocycles. The van der Waals surface area contributed by atoms with E-state index in [1.54, 1.807) is 4.90 Å². The number of likely N-dealkylation sites (tertiary alicyclic amines) is 1.